The fourth-order valence-electron chi connectivity index (χ4n) is 1.64. The van der Waals surface area contributed by atoms with Crippen LogP contribution in [0.3, 0.4) is 0 Å². The molecule has 0 amide bonds. The summed E-state index contributed by atoms with van der Waals surface area (Å²) in [7, 11) is 3.11. The van der Waals surface area contributed by atoms with Gasteiger partial charge in [-0.3, -0.25) is 0 Å². The third-order valence-corrected chi connectivity index (χ3v) is 2.43. The predicted octanol–water partition coefficient (Wildman–Crippen LogP) is 1.51. The van der Waals surface area contributed by atoms with E-state index in [1.165, 1.54) is 0 Å². The molecule has 1 aromatic carbocycles. The summed E-state index contributed by atoms with van der Waals surface area (Å²) in [4.78, 5) is 0. The van der Waals surface area contributed by atoms with Gasteiger partial charge in [-0.25, -0.2) is 0 Å². The molecule has 4 nitrogen and oxygen atoms in total. The molecule has 1 aromatic rings. The maximum Gasteiger partial charge on any atom is 0.128 e. The maximum atomic E-state index is 10.0. The van der Waals surface area contributed by atoms with Crippen LogP contribution in [0.4, 0.5) is 0 Å². The molecule has 1 atom stereocenters. The van der Waals surface area contributed by atoms with E-state index in [0.717, 1.165) is 0 Å². The number of methoxy groups -OCH3 is 2. The molecule has 0 bridgehead atoms. The van der Waals surface area contributed by atoms with E-state index in [0.29, 0.717) is 29.9 Å². The number of benzene rings is 1. The van der Waals surface area contributed by atoms with E-state index in [9.17, 15) is 5.11 Å². The van der Waals surface area contributed by atoms with Gasteiger partial charge in [0.2, 0.25) is 0 Å². The summed E-state index contributed by atoms with van der Waals surface area (Å²) in [6, 6.07) is 5.36. The molecule has 0 radical (unpaired) electrons. The summed E-state index contributed by atoms with van der Waals surface area (Å²) in [6.45, 7) is 0.0640. The smallest absolute Gasteiger partial charge is 0.128 e. The Bertz CT molecular complexity index is 303. The van der Waals surface area contributed by atoms with Gasteiger partial charge in [0.05, 0.1) is 25.9 Å². The van der Waals surface area contributed by atoms with Crippen molar-refractivity contribution in [2.75, 3.05) is 20.8 Å². The lowest BCUT2D eigenvalue weighted by Crippen LogP contribution is -2.04. The van der Waals surface area contributed by atoms with E-state index >= 15 is 0 Å². The van der Waals surface area contributed by atoms with Crippen LogP contribution in [0.25, 0.3) is 0 Å². The number of ether oxygens (including phenoxy) is 2. The molecule has 4 heteroatoms. The van der Waals surface area contributed by atoms with Crippen LogP contribution in [0.15, 0.2) is 18.2 Å². The van der Waals surface area contributed by atoms with Crippen molar-refractivity contribution in [1.82, 2.24) is 0 Å². The Hall–Kier alpha value is -1.26. The summed E-state index contributed by atoms with van der Waals surface area (Å²) < 4.78 is 10.4. The highest BCUT2D eigenvalue weighted by Gasteiger charge is 2.17. The first kappa shape index (κ1) is 12.8. The van der Waals surface area contributed by atoms with Crippen molar-refractivity contribution in [3.63, 3.8) is 0 Å². The molecular formula is C12H18O4. The Balaban J connectivity index is 2.97. The van der Waals surface area contributed by atoms with E-state index in [2.05, 4.69) is 0 Å². The van der Waals surface area contributed by atoms with Crippen LogP contribution in [0, 0.1) is 0 Å². The molecule has 0 aliphatic rings. The monoisotopic (exact) mass is 226 g/mol. The van der Waals surface area contributed by atoms with Crippen molar-refractivity contribution >= 4 is 0 Å². The fraction of sp³-hybridized carbons (Fsp3) is 0.500. The Morgan fingerprint density at radius 2 is 1.75 bits per heavy atom. The topological polar surface area (TPSA) is 58.9 Å². The van der Waals surface area contributed by atoms with Crippen molar-refractivity contribution in [3.8, 4) is 11.5 Å². The maximum absolute atomic E-state index is 10.0. The Morgan fingerprint density at radius 1 is 1.19 bits per heavy atom. The highest BCUT2D eigenvalue weighted by atomic mass is 16.5. The number of rotatable bonds is 6. The van der Waals surface area contributed by atoms with Gasteiger partial charge in [-0.05, 0) is 25.0 Å². The molecule has 0 fully saturated rings. The number of aliphatic hydroxyl groups is 2. The molecule has 0 aromatic heterocycles. The van der Waals surface area contributed by atoms with E-state index in [1.807, 2.05) is 0 Å². The first-order valence-corrected chi connectivity index (χ1v) is 5.24. The summed E-state index contributed by atoms with van der Waals surface area (Å²) in [6.07, 6.45) is 0.341. The molecule has 90 valence electrons. The van der Waals surface area contributed by atoms with Crippen LogP contribution in [-0.4, -0.2) is 31.0 Å². The Kier molecular flexibility index (Phi) is 5.08. The Morgan fingerprint density at radius 3 is 2.19 bits per heavy atom. The molecule has 0 aliphatic carbocycles. The van der Waals surface area contributed by atoms with E-state index in [4.69, 9.17) is 14.6 Å². The van der Waals surface area contributed by atoms with Gasteiger partial charge in [-0.1, -0.05) is 6.07 Å². The zero-order chi connectivity index (χ0) is 12.0. The molecule has 1 unspecified atom stereocenters. The van der Waals surface area contributed by atoms with Gasteiger partial charge in [-0.15, -0.1) is 0 Å². The first-order valence-electron chi connectivity index (χ1n) is 5.24. The van der Waals surface area contributed by atoms with Crippen LogP contribution in [0.2, 0.25) is 0 Å². The van der Waals surface area contributed by atoms with Gasteiger partial charge in [0.25, 0.3) is 0 Å². The van der Waals surface area contributed by atoms with Crippen LogP contribution in [-0.2, 0) is 0 Å². The molecule has 0 aliphatic heterocycles. The van der Waals surface area contributed by atoms with Crippen LogP contribution < -0.4 is 9.47 Å². The lowest BCUT2D eigenvalue weighted by molar-refractivity contribution is 0.145. The second kappa shape index (κ2) is 6.35. The molecule has 0 heterocycles. The van der Waals surface area contributed by atoms with Crippen molar-refractivity contribution < 1.29 is 19.7 Å². The van der Waals surface area contributed by atoms with Crippen molar-refractivity contribution in [3.05, 3.63) is 23.8 Å². The molecule has 16 heavy (non-hydrogen) atoms. The Labute approximate surface area is 95.4 Å². The quantitative estimate of drug-likeness (QED) is 0.772. The normalized spacial score (nSPS) is 12.2. The van der Waals surface area contributed by atoms with Gasteiger partial charge in [-0.2, -0.15) is 0 Å². The van der Waals surface area contributed by atoms with Crippen LogP contribution in [0.1, 0.15) is 24.5 Å². The van der Waals surface area contributed by atoms with Crippen molar-refractivity contribution in [2.24, 2.45) is 0 Å². The first-order chi connectivity index (χ1) is 7.74. The zero-order valence-electron chi connectivity index (χ0n) is 9.64. The van der Waals surface area contributed by atoms with E-state index in [1.54, 1.807) is 32.4 Å². The lowest BCUT2D eigenvalue weighted by atomic mass is 10.0. The molecule has 1 rings (SSSR count). The minimum absolute atomic E-state index is 0.0640. The number of hydrogen-bond acceptors (Lipinski definition) is 4. The van der Waals surface area contributed by atoms with Crippen LogP contribution in [0.5, 0.6) is 11.5 Å². The second-order valence-electron chi connectivity index (χ2n) is 3.46. The minimum Gasteiger partial charge on any atom is -0.496 e. The molecule has 0 spiro atoms. The summed E-state index contributed by atoms with van der Waals surface area (Å²) >= 11 is 0. The van der Waals surface area contributed by atoms with E-state index in [-0.39, 0.29) is 6.61 Å². The summed E-state index contributed by atoms with van der Waals surface area (Å²) in [5.74, 6) is 1.20. The van der Waals surface area contributed by atoms with Gasteiger partial charge in [0, 0.05) is 6.61 Å². The van der Waals surface area contributed by atoms with Gasteiger partial charge in [0.15, 0.2) is 0 Å². The minimum atomic E-state index is -0.682. The predicted molar refractivity (Wildman–Crippen MR) is 60.8 cm³/mol. The highest BCUT2D eigenvalue weighted by Crippen LogP contribution is 2.35. The van der Waals surface area contributed by atoms with Crippen LogP contribution >= 0.6 is 0 Å². The summed E-state index contributed by atoms with van der Waals surface area (Å²) in [5, 5.41) is 18.7. The van der Waals surface area contributed by atoms with Crippen molar-refractivity contribution in [2.45, 2.75) is 18.9 Å². The number of hydrogen-bond donors (Lipinski definition) is 2. The highest BCUT2D eigenvalue weighted by molar-refractivity contribution is 5.46. The SMILES string of the molecule is COc1cccc(OC)c1C(O)CCCO. The molecule has 0 saturated carbocycles. The average molecular weight is 226 g/mol. The summed E-state index contributed by atoms with van der Waals surface area (Å²) in [5.41, 5.74) is 0.640. The lowest BCUT2D eigenvalue weighted by Gasteiger charge is -2.17. The zero-order valence-corrected chi connectivity index (χ0v) is 9.64. The third-order valence-electron chi connectivity index (χ3n) is 2.43. The van der Waals surface area contributed by atoms with Crippen molar-refractivity contribution in [1.29, 1.82) is 0 Å². The molecule has 0 saturated heterocycles. The largest absolute Gasteiger partial charge is 0.496 e. The standard InChI is InChI=1S/C12H18O4/c1-15-10-6-3-7-11(16-2)12(10)9(14)5-4-8-13/h3,6-7,9,13-14H,4-5,8H2,1-2H3. The van der Waals surface area contributed by atoms with Gasteiger partial charge >= 0.3 is 0 Å². The van der Waals surface area contributed by atoms with E-state index < -0.39 is 6.10 Å². The third kappa shape index (κ3) is 2.87. The molecular weight excluding hydrogens is 208 g/mol. The van der Waals surface area contributed by atoms with Gasteiger partial charge in [0.1, 0.15) is 11.5 Å². The average Bonchev–Trinajstić information content (AvgIpc) is 2.34. The molecule has 2 N–H and O–H groups in total. The van der Waals surface area contributed by atoms with Gasteiger partial charge < -0.3 is 19.7 Å². The number of aliphatic hydroxyl groups excluding tert-OH is 2. The fourth-order valence-corrected chi connectivity index (χ4v) is 1.64. The second-order valence-corrected chi connectivity index (χ2v) is 3.46.